The lowest BCUT2D eigenvalue weighted by molar-refractivity contribution is -0.140. The van der Waals surface area contributed by atoms with Crippen LogP contribution in [-0.2, 0) is 9.59 Å². The van der Waals surface area contributed by atoms with Crippen molar-refractivity contribution in [3.8, 4) is 0 Å². The second-order valence-electron chi connectivity index (χ2n) is 7.27. The van der Waals surface area contributed by atoms with E-state index in [1.165, 1.54) is 19.3 Å². The highest BCUT2D eigenvalue weighted by Gasteiger charge is 2.51. The third-order valence-electron chi connectivity index (χ3n) is 5.35. The maximum Gasteiger partial charge on any atom is 0.323 e. The normalized spacial score (nSPS) is 35.2. The van der Waals surface area contributed by atoms with Gasteiger partial charge in [0, 0.05) is 5.54 Å². The van der Waals surface area contributed by atoms with E-state index < -0.39 is 31.1 Å². The van der Waals surface area contributed by atoms with Gasteiger partial charge in [-0.05, 0) is 56.3 Å². The molecule has 22 heavy (non-hydrogen) atoms. The van der Waals surface area contributed by atoms with Crippen LogP contribution >= 0.6 is 0 Å². The molecule has 0 unspecified atom stereocenters. The molecule has 4 aliphatic rings. The highest BCUT2D eigenvalue weighted by Crippen LogP contribution is 2.55. The molecule has 4 fully saturated rings. The van der Waals surface area contributed by atoms with E-state index in [0.717, 1.165) is 24.2 Å². The third kappa shape index (κ3) is 3.03. The molecule has 0 atom stereocenters. The Hall–Kier alpha value is -1.79. The summed E-state index contributed by atoms with van der Waals surface area (Å²) in [4.78, 5) is 34.9. The Kier molecular flexibility index (Phi) is 3.74. The first-order chi connectivity index (χ1) is 10.3. The van der Waals surface area contributed by atoms with Gasteiger partial charge in [-0.25, -0.2) is 4.79 Å². The zero-order valence-corrected chi connectivity index (χ0v) is 12.5. The van der Waals surface area contributed by atoms with Crippen LogP contribution in [0.5, 0.6) is 0 Å². The molecule has 0 spiro atoms. The van der Waals surface area contributed by atoms with Crippen LogP contribution in [0.2, 0.25) is 0 Å². The summed E-state index contributed by atoms with van der Waals surface area (Å²) in [7, 11) is 0. The molecule has 0 aliphatic heterocycles. The molecule has 4 rings (SSSR count). The minimum absolute atomic E-state index is 0.249. The predicted molar refractivity (Wildman–Crippen MR) is 76.3 cm³/mol. The Morgan fingerprint density at radius 3 is 1.68 bits per heavy atom. The number of carbonyl (C=O) groups is 3. The molecule has 0 saturated heterocycles. The summed E-state index contributed by atoms with van der Waals surface area (Å²) in [5, 5.41) is 20.7. The zero-order valence-electron chi connectivity index (χ0n) is 12.5. The van der Waals surface area contributed by atoms with Crippen molar-refractivity contribution in [2.24, 2.45) is 17.8 Å². The lowest BCUT2D eigenvalue weighted by Crippen LogP contribution is -2.62. The second-order valence-corrected chi connectivity index (χ2v) is 7.27. The maximum absolute atomic E-state index is 12.4. The second kappa shape index (κ2) is 5.44. The van der Waals surface area contributed by atoms with Crippen molar-refractivity contribution < 1.29 is 24.6 Å². The van der Waals surface area contributed by atoms with E-state index in [2.05, 4.69) is 5.32 Å². The van der Waals surface area contributed by atoms with E-state index in [1.807, 2.05) is 0 Å². The predicted octanol–water partition coefficient (Wildman–Crippen LogP) is 1.14. The van der Waals surface area contributed by atoms with Crippen molar-refractivity contribution in [1.29, 1.82) is 0 Å². The summed E-state index contributed by atoms with van der Waals surface area (Å²) in [5.41, 5.74) is -0.249. The smallest absolute Gasteiger partial charge is 0.323 e. The Balaban J connectivity index is 1.69. The Morgan fingerprint density at radius 1 is 0.909 bits per heavy atom. The highest BCUT2D eigenvalue weighted by atomic mass is 16.4. The van der Waals surface area contributed by atoms with Gasteiger partial charge in [-0.1, -0.05) is 0 Å². The van der Waals surface area contributed by atoms with Crippen LogP contribution in [0.15, 0.2) is 0 Å². The Bertz CT molecular complexity index is 453. The van der Waals surface area contributed by atoms with Gasteiger partial charge >= 0.3 is 18.0 Å². The van der Waals surface area contributed by atoms with E-state index in [9.17, 15) is 14.4 Å². The monoisotopic (exact) mass is 310 g/mol. The van der Waals surface area contributed by atoms with Gasteiger partial charge < -0.3 is 20.4 Å². The molecular formula is C15H22N2O5. The summed E-state index contributed by atoms with van der Waals surface area (Å²) in [6.07, 6.45) is 6.55. The summed E-state index contributed by atoms with van der Waals surface area (Å²) in [5.74, 6) is -0.458. The maximum atomic E-state index is 12.4. The first-order valence-electron chi connectivity index (χ1n) is 7.86. The molecule has 3 N–H and O–H groups in total. The average Bonchev–Trinajstić information content (AvgIpc) is 2.34. The number of aliphatic carboxylic acids is 2. The van der Waals surface area contributed by atoms with Crippen LogP contribution in [0.25, 0.3) is 0 Å². The summed E-state index contributed by atoms with van der Waals surface area (Å²) in [6.45, 7) is -1.19. The number of carbonyl (C=O) groups excluding carboxylic acids is 1. The SMILES string of the molecule is O=C(O)CN(CC(=O)O)C(=O)N[C@]12CC3CC(C[C@@H](C3)C1)C2. The fourth-order valence-electron chi connectivity index (χ4n) is 5.10. The van der Waals surface area contributed by atoms with Crippen molar-refractivity contribution >= 4 is 18.0 Å². The number of urea groups is 1. The molecular weight excluding hydrogens is 288 g/mol. The quantitative estimate of drug-likeness (QED) is 0.706. The Morgan fingerprint density at radius 2 is 1.32 bits per heavy atom. The van der Waals surface area contributed by atoms with E-state index in [1.54, 1.807) is 0 Å². The minimum atomic E-state index is -1.21. The van der Waals surface area contributed by atoms with Crippen LogP contribution in [0.3, 0.4) is 0 Å². The van der Waals surface area contributed by atoms with E-state index >= 15 is 0 Å². The fourth-order valence-corrected chi connectivity index (χ4v) is 5.10. The molecule has 0 aromatic rings. The van der Waals surface area contributed by atoms with E-state index in [0.29, 0.717) is 17.8 Å². The lowest BCUT2D eigenvalue weighted by Gasteiger charge is -2.57. The van der Waals surface area contributed by atoms with Gasteiger partial charge in [0.15, 0.2) is 0 Å². The number of carboxylic acids is 2. The van der Waals surface area contributed by atoms with Gasteiger partial charge in [-0.3, -0.25) is 9.59 Å². The van der Waals surface area contributed by atoms with E-state index in [4.69, 9.17) is 10.2 Å². The fraction of sp³-hybridized carbons (Fsp3) is 0.800. The number of nitrogens with zero attached hydrogens (tertiary/aromatic N) is 1. The van der Waals surface area contributed by atoms with Crippen LogP contribution in [0.1, 0.15) is 38.5 Å². The highest BCUT2D eigenvalue weighted by molar-refractivity contribution is 5.84. The zero-order chi connectivity index (χ0) is 15.9. The molecule has 4 bridgehead atoms. The summed E-state index contributed by atoms with van der Waals surface area (Å²) < 4.78 is 0. The molecule has 0 aromatic carbocycles. The summed E-state index contributed by atoms with van der Waals surface area (Å²) >= 11 is 0. The van der Waals surface area contributed by atoms with Gasteiger partial charge in [0.1, 0.15) is 13.1 Å². The molecule has 0 heterocycles. The van der Waals surface area contributed by atoms with Crippen molar-refractivity contribution in [2.45, 2.75) is 44.1 Å². The number of nitrogens with one attached hydrogen (secondary N) is 1. The number of carboxylic acid groups (broad SMARTS) is 2. The van der Waals surface area contributed by atoms with Crippen molar-refractivity contribution in [3.63, 3.8) is 0 Å². The molecule has 7 nitrogen and oxygen atoms in total. The number of hydrogen-bond acceptors (Lipinski definition) is 3. The topological polar surface area (TPSA) is 107 Å². The number of rotatable bonds is 5. The molecule has 122 valence electrons. The third-order valence-corrected chi connectivity index (χ3v) is 5.35. The van der Waals surface area contributed by atoms with Gasteiger partial charge in [0.05, 0.1) is 0 Å². The number of hydrogen-bond donors (Lipinski definition) is 3. The first kappa shape index (κ1) is 15.1. The van der Waals surface area contributed by atoms with E-state index in [-0.39, 0.29) is 5.54 Å². The summed E-state index contributed by atoms with van der Waals surface area (Å²) in [6, 6.07) is -0.563. The van der Waals surface area contributed by atoms with Crippen molar-refractivity contribution in [2.75, 3.05) is 13.1 Å². The lowest BCUT2D eigenvalue weighted by atomic mass is 9.53. The molecule has 0 aromatic heterocycles. The van der Waals surface area contributed by atoms with Crippen LogP contribution in [0, 0.1) is 17.8 Å². The molecule has 2 amide bonds. The van der Waals surface area contributed by atoms with Crippen LogP contribution < -0.4 is 5.32 Å². The largest absolute Gasteiger partial charge is 0.480 e. The molecule has 4 aliphatic carbocycles. The van der Waals surface area contributed by atoms with Gasteiger partial charge in [0.25, 0.3) is 0 Å². The Labute approximate surface area is 128 Å². The van der Waals surface area contributed by atoms with Gasteiger partial charge in [0.2, 0.25) is 0 Å². The number of amides is 2. The van der Waals surface area contributed by atoms with Gasteiger partial charge in [-0.15, -0.1) is 0 Å². The van der Waals surface area contributed by atoms with Gasteiger partial charge in [-0.2, -0.15) is 0 Å². The molecule has 4 saturated carbocycles. The first-order valence-corrected chi connectivity index (χ1v) is 7.86. The molecule has 0 radical (unpaired) electrons. The standard InChI is InChI=1S/C15H22N2O5/c18-12(19)7-17(8-13(20)21)14(22)16-15-4-9-1-10(5-15)3-11(2-9)6-15/h9-11H,1-8H2,(H,16,22)(H,18,19)(H,20,21)/t9-,10?,11?,15+. The molecule has 7 heteroatoms. The van der Waals surface area contributed by atoms with Crippen molar-refractivity contribution in [3.05, 3.63) is 0 Å². The average molecular weight is 310 g/mol. The van der Waals surface area contributed by atoms with Crippen LogP contribution in [0.4, 0.5) is 4.79 Å². The minimum Gasteiger partial charge on any atom is -0.480 e. The van der Waals surface area contributed by atoms with Crippen LogP contribution in [-0.4, -0.2) is 51.7 Å². The van der Waals surface area contributed by atoms with Crippen molar-refractivity contribution in [1.82, 2.24) is 10.2 Å².